The average molecular weight is 427 g/mol. The molecule has 0 unspecified atom stereocenters. The number of hydrogen-bond acceptors (Lipinski definition) is 4. The molecule has 0 atom stereocenters. The summed E-state index contributed by atoms with van der Waals surface area (Å²) in [5.41, 5.74) is 0.148. The molecule has 1 N–H and O–H groups in total. The fourth-order valence-corrected chi connectivity index (χ4v) is 17.0. The summed E-state index contributed by atoms with van der Waals surface area (Å²) in [7, 11) is 6.82. The normalized spacial score (nSPS) is 14.0. The van der Waals surface area contributed by atoms with E-state index < -0.39 is 18.2 Å². The molecule has 0 aliphatic rings. The molecule has 0 radical (unpaired) electrons. The van der Waals surface area contributed by atoms with Crippen LogP contribution in [0.25, 0.3) is 0 Å². The predicted octanol–water partition coefficient (Wildman–Crippen LogP) is 2.04. The van der Waals surface area contributed by atoms with E-state index in [-0.39, 0.29) is 5.54 Å². The van der Waals surface area contributed by atoms with Crippen molar-refractivity contribution in [3.63, 3.8) is 0 Å². The van der Waals surface area contributed by atoms with E-state index in [2.05, 4.69) is 76.3 Å². The first-order valence-corrected chi connectivity index (χ1v) is 12.9. The second kappa shape index (κ2) is 7.39. The van der Waals surface area contributed by atoms with E-state index in [1.54, 1.807) is 0 Å². The van der Waals surface area contributed by atoms with Crippen molar-refractivity contribution in [2.45, 2.75) is 47.1 Å². The van der Waals surface area contributed by atoms with Crippen molar-refractivity contribution < 1.29 is 18.2 Å². The summed E-state index contributed by atoms with van der Waals surface area (Å²) in [6, 6.07) is 0. The van der Waals surface area contributed by atoms with Gasteiger partial charge < -0.3 is 0 Å². The first-order valence-electron chi connectivity index (χ1n) is 6.99. The standard InChI is InChI=1S/C4H10N.3C3H8N.Ta/c1-4(2,3)5;3*1-3-4-2;/h5H,1-3H3;3*3H2,1-2H3;/q4*-1;+4. The summed E-state index contributed by atoms with van der Waals surface area (Å²) >= 11 is -2.95. The third kappa shape index (κ3) is 4.30. The number of nitrogens with zero attached hydrogens (tertiary/aromatic N) is 3. The molecule has 4 nitrogen and oxygen atoms in total. The van der Waals surface area contributed by atoms with E-state index in [0.717, 1.165) is 19.6 Å². The summed E-state index contributed by atoms with van der Waals surface area (Å²) in [5, 5.41) is 0. The van der Waals surface area contributed by atoms with Crippen LogP contribution in [-0.2, 0) is 18.2 Å². The van der Waals surface area contributed by atoms with Gasteiger partial charge in [-0.3, -0.25) is 0 Å². The molecule has 111 valence electrons. The molecule has 0 aromatic carbocycles. The number of nitrogens with one attached hydrogen (secondary N) is 1. The van der Waals surface area contributed by atoms with Crippen molar-refractivity contribution in [3.05, 3.63) is 0 Å². The van der Waals surface area contributed by atoms with Gasteiger partial charge in [-0.05, 0) is 0 Å². The monoisotopic (exact) mass is 427 g/mol. The molecule has 18 heavy (non-hydrogen) atoms. The van der Waals surface area contributed by atoms with Crippen molar-refractivity contribution in [3.8, 4) is 0 Å². The molecule has 0 spiro atoms. The van der Waals surface area contributed by atoms with Crippen LogP contribution in [0.5, 0.6) is 0 Å². The van der Waals surface area contributed by atoms with Gasteiger partial charge in [0.2, 0.25) is 0 Å². The zero-order chi connectivity index (χ0) is 14.6. The van der Waals surface area contributed by atoms with Crippen molar-refractivity contribution in [1.29, 1.82) is 0 Å². The Morgan fingerprint density at radius 3 is 1.22 bits per heavy atom. The predicted molar refractivity (Wildman–Crippen MR) is 77.8 cm³/mol. The van der Waals surface area contributed by atoms with E-state index in [0.29, 0.717) is 0 Å². The van der Waals surface area contributed by atoms with Crippen molar-refractivity contribution in [1.82, 2.24) is 13.6 Å². The Morgan fingerprint density at radius 1 is 0.778 bits per heavy atom. The van der Waals surface area contributed by atoms with Crippen LogP contribution in [0.15, 0.2) is 0 Å². The Labute approximate surface area is 120 Å². The molecule has 0 bridgehead atoms. The molecule has 0 aliphatic carbocycles. The summed E-state index contributed by atoms with van der Waals surface area (Å²) in [5.74, 6) is 0. The first kappa shape index (κ1) is 18.6. The number of hydrogen-bond donors (Lipinski definition) is 1. The van der Waals surface area contributed by atoms with Gasteiger partial charge >= 0.3 is 120 Å². The fourth-order valence-electron chi connectivity index (χ4n) is 2.08. The van der Waals surface area contributed by atoms with E-state index in [1.807, 2.05) is 0 Å². The van der Waals surface area contributed by atoms with Crippen LogP contribution in [0.2, 0.25) is 0 Å². The molecule has 0 aromatic heterocycles. The van der Waals surface area contributed by atoms with E-state index in [1.165, 1.54) is 0 Å². The minimum absolute atomic E-state index is 0.148. The second-order valence-electron chi connectivity index (χ2n) is 5.85. The van der Waals surface area contributed by atoms with Crippen molar-refractivity contribution in [2.75, 3.05) is 40.8 Å². The molecule has 0 saturated carbocycles. The van der Waals surface area contributed by atoms with Crippen LogP contribution in [0.1, 0.15) is 41.5 Å². The zero-order valence-corrected chi connectivity index (χ0v) is 17.1. The van der Waals surface area contributed by atoms with E-state index >= 15 is 0 Å². The van der Waals surface area contributed by atoms with Gasteiger partial charge in [0.25, 0.3) is 0 Å². The first-order chi connectivity index (χ1) is 8.15. The summed E-state index contributed by atoms with van der Waals surface area (Å²) in [6.07, 6.45) is 0. The second-order valence-corrected chi connectivity index (χ2v) is 18.1. The average Bonchev–Trinajstić information content (AvgIpc) is 2.31. The van der Waals surface area contributed by atoms with Gasteiger partial charge in [-0.25, -0.2) is 0 Å². The SMILES string of the molecule is CC[N](C)[Ta]([NH]C(C)(C)C)([N](C)CC)[N](C)CC. The van der Waals surface area contributed by atoms with E-state index in [4.69, 9.17) is 0 Å². The minimum atomic E-state index is -2.95. The maximum atomic E-state index is 4.01. The quantitative estimate of drug-likeness (QED) is 0.672. The van der Waals surface area contributed by atoms with Crippen LogP contribution < -0.4 is 3.72 Å². The van der Waals surface area contributed by atoms with Gasteiger partial charge in [0.15, 0.2) is 0 Å². The third-order valence-electron chi connectivity index (χ3n) is 3.29. The summed E-state index contributed by atoms with van der Waals surface area (Å²) < 4.78 is 11.8. The van der Waals surface area contributed by atoms with Gasteiger partial charge in [-0.15, -0.1) is 0 Å². The van der Waals surface area contributed by atoms with Crippen LogP contribution in [0.4, 0.5) is 0 Å². The van der Waals surface area contributed by atoms with Crippen LogP contribution >= 0.6 is 0 Å². The Bertz CT molecular complexity index is 213. The Balaban J connectivity index is 5.54. The van der Waals surface area contributed by atoms with Crippen LogP contribution in [-0.4, -0.2) is 56.2 Å². The molecule has 5 heteroatoms. The van der Waals surface area contributed by atoms with Gasteiger partial charge in [-0.1, -0.05) is 0 Å². The zero-order valence-electron chi connectivity index (χ0n) is 13.9. The van der Waals surface area contributed by atoms with Crippen LogP contribution in [0, 0.1) is 0 Å². The molecule has 0 amide bonds. The molecule has 0 heterocycles. The summed E-state index contributed by atoms with van der Waals surface area (Å²) in [6.45, 7) is 16.9. The van der Waals surface area contributed by atoms with Gasteiger partial charge in [-0.2, -0.15) is 0 Å². The van der Waals surface area contributed by atoms with Crippen molar-refractivity contribution >= 4 is 0 Å². The Hall–Kier alpha value is 0.580. The molecule has 0 aromatic rings. The summed E-state index contributed by atoms with van der Waals surface area (Å²) in [4.78, 5) is 0. The Morgan fingerprint density at radius 2 is 1.06 bits per heavy atom. The molecule has 0 saturated heterocycles. The molecule has 0 rings (SSSR count). The van der Waals surface area contributed by atoms with Gasteiger partial charge in [0.05, 0.1) is 0 Å². The molecular weight excluding hydrogens is 393 g/mol. The van der Waals surface area contributed by atoms with Crippen LogP contribution in [0.3, 0.4) is 0 Å². The van der Waals surface area contributed by atoms with E-state index in [9.17, 15) is 0 Å². The molecule has 0 aliphatic heterocycles. The van der Waals surface area contributed by atoms with Crippen molar-refractivity contribution in [2.24, 2.45) is 0 Å². The molecule has 0 fully saturated rings. The fraction of sp³-hybridized carbons (Fsp3) is 1.00. The maximum absolute atomic E-state index is 4.01. The number of rotatable bonds is 7. The van der Waals surface area contributed by atoms with Gasteiger partial charge in [0, 0.05) is 0 Å². The Kier molecular flexibility index (Phi) is 7.62. The molecular formula is C13H34N4Ta. The third-order valence-corrected chi connectivity index (χ3v) is 20.1. The van der Waals surface area contributed by atoms with Gasteiger partial charge in [0.1, 0.15) is 0 Å². The topological polar surface area (TPSA) is 21.8 Å².